The number of hydrogen-bond donors (Lipinski definition) is 1. The van der Waals surface area contributed by atoms with Crippen molar-refractivity contribution in [3.8, 4) is 89.7 Å². The summed E-state index contributed by atoms with van der Waals surface area (Å²) < 4.78 is 27.4. The Bertz CT molecular complexity index is 3530. The monoisotopic (exact) mass is 872 g/mol. The molecule has 0 fully saturated rings. The fourth-order valence-corrected chi connectivity index (χ4v) is 9.13. The van der Waals surface area contributed by atoms with Crippen molar-refractivity contribution in [2.75, 3.05) is 0 Å². The molecule has 10 rings (SSSR count). The van der Waals surface area contributed by atoms with Gasteiger partial charge in [0.15, 0.2) is 0 Å². The molecule has 8 aromatic carbocycles. The van der Waals surface area contributed by atoms with Gasteiger partial charge in [0.1, 0.15) is 11.6 Å². The van der Waals surface area contributed by atoms with Crippen molar-refractivity contribution in [1.29, 1.82) is 0 Å². The molecule has 0 spiro atoms. The second-order valence-electron chi connectivity index (χ2n) is 19.5. The number of pyridine rings is 1. The Morgan fingerprint density at radius 1 is 0.463 bits per heavy atom. The highest BCUT2D eigenvalue weighted by Gasteiger charge is 2.29. The van der Waals surface area contributed by atoms with Crippen molar-refractivity contribution in [2.24, 2.45) is 0 Å². The summed E-state index contributed by atoms with van der Waals surface area (Å²) in [7, 11) is 0. The fraction of sp³-hybridized carbons (Fsp3) is 0.143. The maximum absolute atomic E-state index is 12.5. The van der Waals surface area contributed by atoms with Gasteiger partial charge in [0.05, 0.1) is 28.0 Å². The van der Waals surface area contributed by atoms with Gasteiger partial charge < -0.3 is 5.11 Å². The normalized spacial score (nSPS) is 12.7. The number of nitrogens with zero attached hydrogens (tertiary/aromatic N) is 3. The number of fused-ring (bicyclic) bond motifs is 1. The third-order valence-corrected chi connectivity index (χ3v) is 12.8. The van der Waals surface area contributed by atoms with E-state index in [1.54, 1.807) is 12.1 Å². The van der Waals surface area contributed by atoms with E-state index in [1.807, 2.05) is 54.7 Å². The summed E-state index contributed by atoms with van der Waals surface area (Å²) in [5, 5.41) is 12.5. The minimum atomic E-state index is -2.33. The number of phenolic OH excluding ortho intramolecular Hbond substituents is 1. The highest BCUT2D eigenvalue weighted by molar-refractivity contribution is 5.98. The second kappa shape index (κ2) is 17.2. The molecule has 0 atom stereocenters. The first-order valence-corrected chi connectivity index (χ1v) is 22.9. The summed E-state index contributed by atoms with van der Waals surface area (Å²) in [6.07, 6.45) is 1.88. The van der Waals surface area contributed by atoms with Gasteiger partial charge in [-0.15, -0.1) is 0 Å². The molecule has 0 amide bonds. The Morgan fingerprint density at radius 2 is 1.06 bits per heavy atom. The van der Waals surface area contributed by atoms with Crippen LogP contribution in [-0.2, 0) is 10.8 Å². The zero-order valence-electron chi connectivity index (χ0n) is 41.8. The maximum Gasteiger partial charge on any atom is 0.149 e. The molecule has 0 saturated carbocycles. The van der Waals surface area contributed by atoms with Gasteiger partial charge in [-0.2, -0.15) is 0 Å². The molecule has 0 bridgehead atoms. The fourth-order valence-electron chi connectivity index (χ4n) is 9.13. The van der Waals surface area contributed by atoms with Crippen LogP contribution in [0.2, 0.25) is 0 Å². The summed E-state index contributed by atoms with van der Waals surface area (Å²) >= 11 is 0. The smallest absolute Gasteiger partial charge is 0.149 e. The van der Waals surface area contributed by atoms with Gasteiger partial charge in [0, 0.05) is 32.6 Å². The number of benzene rings is 8. The second-order valence-corrected chi connectivity index (χ2v) is 19.5. The number of imidazole rings is 1. The van der Waals surface area contributed by atoms with Crippen molar-refractivity contribution < 1.29 is 9.22 Å². The maximum atomic E-state index is 12.5. The lowest BCUT2D eigenvalue weighted by molar-refractivity contribution is 0.446. The topological polar surface area (TPSA) is 50.9 Å². The minimum Gasteiger partial charge on any atom is -0.507 e. The Labute approximate surface area is 399 Å². The van der Waals surface area contributed by atoms with Crippen LogP contribution in [0.4, 0.5) is 0 Å². The van der Waals surface area contributed by atoms with Crippen molar-refractivity contribution in [3.05, 3.63) is 217 Å². The molecule has 4 heteroatoms. The van der Waals surface area contributed by atoms with Gasteiger partial charge in [0.25, 0.3) is 0 Å². The molecule has 67 heavy (non-hydrogen) atoms. The van der Waals surface area contributed by atoms with Gasteiger partial charge in [0.2, 0.25) is 0 Å². The summed E-state index contributed by atoms with van der Waals surface area (Å²) in [6.45, 7) is 10.6. The van der Waals surface area contributed by atoms with E-state index in [0.717, 1.165) is 89.2 Å². The molecule has 1 N–H and O–H groups in total. The summed E-state index contributed by atoms with van der Waals surface area (Å²) in [4.78, 5) is 10.6. The first-order valence-electron chi connectivity index (χ1n) is 24.4. The van der Waals surface area contributed by atoms with E-state index in [0.29, 0.717) is 11.4 Å². The molecule has 0 aliphatic heterocycles. The third kappa shape index (κ3) is 8.48. The van der Waals surface area contributed by atoms with Crippen molar-refractivity contribution in [2.45, 2.75) is 59.2 Å². The van der Waals surface area contributed by atoms with E-state index < -0.39 is 12.3 Å². The molecule has 0 aliphatic carbocycles. The average molecular weight is 873 g/mol. The van der Waals surface area contributed by atoms with Gasteiger partial charge in [-0.3, -0.25) is 9.55 Å². The first kappa shape index (κ1) is 39.5. The molecule has 0 radical (unpaired) electrons. The summed E-state index contributed by atoms with van der Waals surface area (Å²) in [6, 6.07) is 66.0. The number of aromatic hydroxyl groups is 1. The molecule has 0 aliphatic rings. The number of aromatic nitrogens is 3. The van der Waals surface area contributed by atoms with Crippen molar-refractivity contribution in [1.82, 2.24) is 14.5 Å². The van der Waals surface area contributed by atoms with E-state index >= 15 is 0 Å². The van der Waals surface area contributed by atoms with Crippen LogP contribution in [-0.4, -0.2) is 19.6 Å². The average Bonchev–Trinajstić information content (AvgIpc) is 3.75. The molecular weight excluding hydrogens is 815 g/mol. The standard InChI is InChI=1S/C63H55N3O/c1-41-26-31-57(53(34-41)46-22-15-10-16-23-46)66-58-25-17-24-52(59(58)65-61(66)54-39-51(62(2,3)4)40-55(60(54)67)63(5,6)7)49-35-48(43-20-13-9-14-21-43)36-50(37-49)56-38-47(32-33-64-56)45-29-27-44(28-30-45)42-18-11-8-12-19-42/h8-40,67H,1-7H3/i1D3. The number of hydrogen-bond acceptors (Lipinski definition) is 3. The predicted octanol–water partition coefficient (Wildman–Crippen LogP) is 16.7. The summed E-state index contributed by atoms with van der Waals surface area (Å²) in [5.74, 6) is 0.704. The lowest BCUT2D eigenvalue weighted by atomic mass is 9.79. The van der Waals surface area contributed by atoms with E-state index in [-0.39, 0.29) is 16.7 Å². The summed E-state index contributed by atoms with van der Waals surface area (Å²) in [5.41, 5.74) is 16.1. The minimum absolute atomic E-state index is 0.160. The molecule has 0 saturated heterocycles. The highest BCUT2D eigenvalue weighted by atomic mass is 16.3. The van der Waals surface area contributed by atoms with Crippen LogP contribution in [0.5, 0.6) is 5.75 Å². The Balaban J connectivity index is 1.23. The molecule has 2 aromatic heterocycles. The van der Waals surface area contributed by atoms with Crippen LogP contribution >= 0.6 is 0 Å². The number of rotatable bonds is 8. The van der Waals surface area contributed by atoms with Crippen molar-refractivity contribution in [3.63, 3.8) is 0 Å². The number of para-hydroxylation sites is 1. The van der Waals surface area contributed by atoms with Crippen LogP contribution in [0.15, 0.2) is 200 Å². The molecule has 10 aromatic rings. The molecule has 4 nitrogen and oxygen atoms in total. The van der Waals surface area contributed by atoms with Crippen LogP contribution < -0.4 is 0 Å². The van der Waals surface area contributed by atoms with Crippen LogP contribution in [0.1, 0.15) is 62.3 Å². The molecule has 328 valence electrons. The highest BCUT2D eigenvalue weighted by Crippen LogP contribution is 2.46. The first-order chi connectivity index (χ1) is 33.5. The van der Waals surface area contributed by atoms with Gasteiger partial charge in [-0.05, 0) is 122 Å². The Hall–Kier alpha value is -7.82. The predicted molar refractivity (Wildman–Crippen MR) is 281 cm³/mol. The van der Waals surface area contributed by atoms with Gasteiger partial charge >= 0.3 is 0 Å². The Morgan fingerprint density at radius 3 is 1.70 bits per heavy atom. The molecule has 0 unspecified atom stereocenters. The third-order valence-electron chi connectivity index (χ3n) is 12.8. The quantitative estimate of drug-likeness (QED) is 0.165. The zero-order valence-corrected chi connectivity index (χ0v) is 38.8. The van der Waals surface area contributed by atoms with E-state index in [1.165, 1.54) is 5.56 Å². The van der Waals surface area contributed by atoms with Crippen LogP contribution in [0.3, 0.4) is 0 Å². The van der Waals surface area contributed by atoms with Crippen molar-refractivity contribution >= 4 is 11.0 Å². The van der Waals surface area contributed by atoms with Gasteiger partial charge in [-0.1, -0.05) is 187 Å². The van der Waals surface area contributed by atoms with Gasteiger partial charge in [-0.25, -0.2) is 4.98 Å². The Kier molecular flexibility index (Phi) is 10.1. The van der Waals surface area contributed by atoms with E-state index in [4.69, 9.17) is 14.1 Å². The molecule has 2 heterocycles. The molecular formula is C63H55N3O. The van der Waals surface area contributed by atoms with E-state index in [2.05, 4.69) is 180 Å². The SMILES string of the molecule is [2H]C([2H])([2H])c1ccc(-n2c(-c3cc(C(C)(C)C)cc(C(C)(C)C)c3O)nc3c(-c4cc(-c5ccccc5)cc(-c5cc(-c6ccc(-c7ccccc7)cc6)ccn5)c4)cccc32)c(-c2ccccc2)c1. The lowest BCUT2D eigenvalue weighted by Gasteiger charge is -2.27. The van der Waals surface area contributed by atoms with Crippen LogP contribution in [0.25, 0.3) is 95.0 Å². The largest absolute Gasteiger partial charge is 0.507 e. The lowest BCUT2D eigenvalue weighted by Crippen LogP contribution is -2.17. The van der Waals surface area contributed by atoms with E-state index in [9.17, 15) is 5.11 Å². The van der Waals surface area contributed by atoms with Crippen LogP contribution in [0, 0.1) is 6.85 Å². The zero-order chi connectivity index (χ0) is 49.0. The number of aryl methyl sites for hydroxylation is 1. The number of phenols is 1.